The standard InChI is InChI=1S/C13H22N2O2/c1-10(2)15-9-5-7-12(15)13(17)14-8-4-6-11(3)16/h5,7,9-11,16H,4,6,8H2,1-3H3,(H,14,17). The van der Waals surface area contributed by atoms with E-state index in [1.807, 2.05) is 36.7 Å². The van der Waals surface area contributed by atoms with Crippen LogP contribution in [0.25, 0.3) is 0 Å². The van der Waals surface area contributed by atoms with Gasteiger partial charge in [-0.1, -0.05) is 0 Å². The van der Waals surface area contributed by atoms with Gasteiger partial charge in [-0.15, -0.1) is 0 Å². The van der Waals surface area contributed by atoms with Crippen molar-refractivity contribution >= 4 is 5.91 Å². The topological polar surface area (TPSA) is 54.3 Å². The lowest BCUT2D eigenvalue weighted by molar-refractivity contribution is 0.0939. The second kappa shape index (κ2) is 6.45. The molecule has 0 aliphatic carbocycles. The van der Waals surface area contributed by atoms with Crippen LogP contribution in [0.2, 0.25) is 0 Å². The van der Waals surface area contributed by atoms with Crippen molar-refractivity contribution in [2.24, 2.45) is 0 Å². The van der Waals surface area contributed by atoms with Gasteiger partial charge >= 0.3 is 0 Å². The molecule has 4 heteroatoms. The highest BCUT2D eigenvalue weighted by Crippen LogP contribution is 2.10. The van der Waals surface area contributed by atoms with Crippen LogP contribution in [-0.2, 0) is 0 Å². The minimum atomic E-state index is -0.300. The van der Waals surface area contributed by atoms with E-state index in [0.717, 1.165) is 6.42 Å². The number of nitrogens with one attached hydrogen (secondary N) is 1. The first-order chi connectivity index (χ1) is 8.02. The maximum absolute atomic E-state index is 11.9. The maximum atomic E-state index is 11.9. The Morgan fingerprint density at radius 2 is 2.18 bits per heavy atom. The molecule has 1 rings (SSSR count). The Hall–Kier alpha value is -1.29. The number of nitrogens with zero attached hydrogens (tertiary/aromatic N) is 1. The predicted molar refractivity (Wildman–Crippen MR) is 68.1 cm³/mol. The first-order valence-corrected chi connectivity index (χ1v) is 6.15. The van der Waals surface area contributed by atoms with E-state index in [1.54, 1.807) is 6.92 Å². The molecule has 0 saturated carbocycles. The zero-order chi connectivity index (χ0) is 12.8. The molecule has 1 atom stereocenters. The van der Waals surface area contributed by atoms with Gasteiger partial charge in [-0.3, -0.25) is 4.79 Å². The Bertz CT molecular complexity index is 356. The van der Waals surface area contributed by atoms with Gasteiger partial charge in [0.2, 0.25) is 0 Å². The summed E-state index contributed by atoms with van der Waals surface area (Å²) in [5, 5.41) is 12.0. The summed E-state index contributed by atoms with van der Waals surface area (Å²) in [6.45, 7) is 6.45. The van der Waals surface area contributed by atoms with Crippen LogP contribution < -0.4 is 5.32 Å². The third-order valence-corrected chi connectivity index (χ3v) is 2.65. The molecule has 1 amide bonds. The summed E-state index contributed by atoms with van der Waals surface area (Å²) in [6, 6.07) is 3.98. The highest BCUT2D eigenvalue weighted by molar-refractivity contribution is 5.92. The van der Waals surface area contributed by atoms with Gasteiger partial charge in [-0.05, 0) is 45.7 Å². The molecule has 96 valence electrons. The van der Waals surface area contributed by atoms with Gasteiger partial charge in [0.15, 0.2) is 0 Å². The van der Waals surface area contributed by atoms with Crippen LogP contribution in [0.15, 0.2) is 18.3 Å². The molecule has 0 bridgehead atoms. The monoisotopic (exact) mass is 238 g/mol. The van der Waals surface area contributed by atoms with E-state index in [4.69, 9.17) is 5.11 Å². The van der Waals surface area contributed by atoms with Gasteiger partial charge < -0.3 is 15.0 Å². The second-order valence-corrected chi connectivity index (χ2v) is 4.64. The molecule has 0 fully saturated rings. The molecule has 2 N–H and O–H groups in total. The molecule has 17 heavy (non-hydrogen) atoms. The second-order valence-electron chi connectivity index (χ2n) is 4.64. The van der Waals surface area contributed by atoms with E-state index < -0.39 is 0 Å². The minimum absolute atomic E-state index is 0.0470. The number of hydrogen-bond donors (Lipinski definition) is 2. The molecule has 0 aliphatic rings. The van der Waals surface area contributed by atoms with Crippen molar-refractivity contribution in [1.29, 1.82) is 0 Å². The van der Waals surface area contributed by atoms with Crippen molar-refractivity contribution in [3.63, 3.8) is 0 Å². The lowest BCUT2D eigenvalue weighted by Gasteiger charge is -2.13. The molecule has 0 aromatic carbocycles. The molecular weight excluding hydrogens is 216 g/mol. The predicted octanol–water partition coefficient (Wildman–Crippen LogP) is 1.96. The fraction of sp³-hybridized carbons (Fsp3) is 0.615. The number of amides is 1. The quantitative estimate of drug-likeness (QED) is 0.744. The van der Waals surface area contributed by atoms with E-state index in [9.17, 15) is 4.79 Å². The molecule has 4 nitrogen and oxygen atoms in total. The zero-order valence-corrected chi connectivity index (χ0v) is 10.8. The summed E-state index contributed by atoms with van der Waals surface area (Å²) in [5.74, 6) is -0.0470. The summed E-state index contributed by atoms with van der Waals surface area (Å²) >= 11 is 0. The van der Waals surface area contributed by atoms with Crippen molar-refractivity contribution in [1.82, 2.24) is 9.88 Å². The number of hydrogen-bond acceptors (Lipinski definition) is 2. The SMILES string of the molecule is CC(O)CCCNC(=O)c1cccn1C(C)C. The van der Waals surface area contributed by atoms with Gasteiger partial charge in [0.05, 0.1) is 6.10 Å². The summed E-state index contributed by atoms with van der Waals surface area (Å²) in [6.07, 6.45) is 3.12. The van der Waals surface area contributed by atoms with E-state index >= 15 is 0 Å². The van der Waals surface area contributed by atoms with E-state index in [2.05, 4.69) is 5.32 Å². The van der Waals surface area contributed by atoms with Crippen LogP contribution in [0.4, 0.5) is 0 Å². The maximum Gasteiger partial charge on any atom is 0.267 e. The summed E-state index contributed by atoms with van der Waals surface area (Å²) in [7, 11) is 0. The third-order valence-electron chi connectivity index (χ3n) is 2.65. The number of carbonyl (C=O) groups excluding carboxylic acids is 1. The molecule has 0 aliphatic heterocycles. The largest absolute Gasteiger partial charge is 0.393 e. The van der Waals surface area contributed by atoms with Crippen LogP contribution in [0.3, 0.4) is 0 Å². The molecule has 1 aromatic heterocycles. The van der Waals surface area contributed by atoms with Crippen LogP contribution in [-0.4, -0.2) is 28.2 Å². The molecule has 0 radical (unpaired) electrons. The highest BCUT2D eigenvalue weighted by Gasteiger charge is 2.11. The van der Waals surface area contributed by atoms with E-state index in [0.29, 0.717) is 18.7 Å². The summed E-state index contributed by atoms with van der Waals surface area (Å²) < 4.78 is 1.95. The van der Waals surface area contributed by atoms with Gasteiger partial charge in [0.1, 0.15) is 5.69 Å². The van der Waals surface area contributed by atoms with Gasteiger partial charge in [0.25, 0.3) is 5.91 Å². The van der Waals surface area contributed by atoms with Crippen LogP contribution in [0, 0.1) is 0 Å². The summed E-state index contributed by atoms with van der Waals surface area (Å²) in [5.41, 5.74) is 0.692. The number of rotatable bonds is 6. The summed E-state index contributed by atoms with van der Waals surface area (Å²) in [4.78, 5) is 11.9. The number of aliphatic hydroxyl groups is 1. The van der Waals surface area contributed by atoms with Gasteiger partial charge in [-0.25, -0.2) is 0 Å². The average molecular weight is 238 g/mol. The zero-order valence-electron chi connectivity index (χ0n) is 10.8. The normalized spacial score (nSPS) is 12.8. The first-order valence-electron chi connectivity index (χ1n) is 6.15. The molecule has 1 aromatic rings. The molecule has 1 heterocycles. The smallest absolute Gasteiger partial charge is 0.267 e. The first kappa shape index (κ1) is 13.8. The lowest BCUT2D eigenvalue weighted by atomic mass is 10.2. The Morgan fingerprint density at radius 1 is 1.47 bits per heavy atom. The van der Waals surface area contributed by atoms with Crippen LogP contribution in [0.5, 0.6) is 0 Å². The van der Waals surface area contributed by atoms with E-state index in [1.165, 1.54) is 0 Å². The number of carbonyl (C=O) groups is 1. The molecule has 0 spiro atoms. The van der Waals surface area contributed by atoms with Gasteiger partial charge in [-0.2, -0.15) is 0 Å². The third kappa shape index (κ3) is 4.23. The van der Waals surface area contributed by atoms with Crippen molar-refractivity contribution < 1.29 is 9.90 Å². The Balaban J connectivity index is 2.44. The van der Waals surface area contributed by atoms with Crippen LogP contribution >= 0.6 is 0 Å². The minimum Gasteiger partial charge on any atom is -0.393 e. The van der Waals surface area contributed by atoms with Gasteiger partial charge in [0, 0.05) is 18.8 Å². The number of aliphatic hydroxyl groups excluding tert-OH is 1. The lowest BCUT2D eigenvalue weighted by Crippen LogP contribution is -2.27. The Labute approximate surface area is 103 Å². The Kier molecular flexibility index (Phi) is 5.22. The van der Waals surface area contributed by atoms with Crippen LogP contribution in [0.1, 0.15) is 50.1 Å². The average Bonchev–Trinajstić information content (AvgIpc) is 2.72. The fourth-order valence-electron chi connectivity index (χ4n) is 1.73. The van der Waals surface area contributed by atoms with Crippen molar-refractivity contribution in [3.8, 4) is 0 Å². The number of aromatic nitrogens is 1. The highest BCUT2D eigenvalue weighted by atomic mass is 16.3. The van der Waals surface area contributed by atoms with E-state index in [-0.39, 0.29) is 18.1 Å². The molecule has 0 saturated heterocycles. The Morgan fingerprint density at radius 3 is 2.76 bits per heavy atom. The van der Waals surface area contributed by atoms with Crippen molar-refractivity contribution in [2.75, 3.05) is 6.54 Å². The fourth-order valence-corrected chi connectivity index (χ4v) is 1.73. The molecule has 1 unspecified atom stereocenters. The van der Waals surface area contributed by atoms with Crippen molar-refractivity contribution in [2.45, 2.75) is 45.8 Å². The molecular formula is C13H22N2O2. The van der Waals surface area contributed by atoms with Crippen molar-refractivity contribution in [3.05, 3.63) is 24.0 Å².